The van der Waals surface area contributed by atoms with E-state index < -0.39 is 0 Å². The first kappa shape index (κ1) is 15.9. The summed E-state index contributed by atoms with van der Waals surface area (Å²) in [7, 11) is 0. The van der Waals surface area contributed by atoms with Crippen LogP contribution in [0.1, 0.15) is 40.6 Å². The minimum Gasteiger partial charge on any atom is -0.451 e. The summed E-state index contributed by atoms with van der Waals surface area (Å²) >= 11 is 0. The number of carbonyl (C=O) groups is 1. The first-order valence-electron chi connectivity index (χ1n) is 8.77. The zero-order valence-electron chi connectivity index (χ0n) is 14.3. The summed E-state index contributed by atoms with van der Waals surface area (Å²) in [6.45, 7) is 2.89. The minimum atomic E-state index is -0.233. The second kappa shape index (κ2) is 6.73. The van der Waals surface area contributed by atoms with Crippen LogP contribution in [0.4, 0.5) is 5.69 Å². The number of benzene rings is 2. The van der Waals surface area contributed by atoms with Gasteiger partial charge in [0.15, 0.2) is 5.76 Å². The third kappa shape index (κ3) is 3.05. The van der Waals surface area contributed by atoms with Crippen LogP contribution in [0.15, 0.2) is 46.9 Å². The molecule has 0 spiro atoms. The monoisotopic (exact) mass is 335 g/mol. The van der Waals surface area contributed by atoms with E-state index in [1.54, 1.807) is 0 Å². The average Bonchev–Trinajstić information content (AvgIpc) is 3.23. The number of carbonyl (C=O) groups excluding carboxylic acids is 1. The Morgan fingerprint density at radius 1 is 1.16 bits per heavy atom. The lowest BCUT2D eigenvalue weighted by Crippen LogP contribution is -2.13. The molecule has 1 heterocycles. The number of nitrogens with one attached hydrogen (secondary N) is 1. The molecule has 4 heteroatoms. The Morgan fingerprint density at radius 2 is 2.00 bits per heavy atom. The molecule has 1 aromatic heterocycles. The van der Waals surface area contributed by atoms with Gasteiger partial charge in [-0.3, -0.25) is 4.79 Å². The molecule has 1 aliphatic rings. The number of para-hydroxylation sites is 1. The van der Waals surface area contributed by atoms with E-state index in [1.807, 2.05) is 37.3 Å². The van der Waals surface area contributed by atoms with Gasteiger partial charge >= 0.3 is 0 Å². The van der Waals surface area contributed by atoms with Crippen molar-refractivity contribution in [2.45, 2.75) is 32.8 Å². The summed E-state index contributed by atoms with van der Waals surface area (Å²) in [6.07, 6.45) is 3.40. The van der Waals surface area contributed by atoms with Crippen LogP contribution in [-0.2, 0) is 24.2 Å². The van der Waals surface area contributed by atoms with E-state index in [4.69, 9.17) is 9.15 Å². The van der Waals surface area contributed by atoms with Gasteiger partial charge in [0.05, 0.1) is 6.61 Å². The zero-order chi connectivity index (χ0) is 17.2. The van der Waals surface area contributed by atoms with E-state index in [-0.39, 0.29) is 5.91 Å². The predicted octanol–water partition coefficient (Wildman–Crippen LogP) is 4.71. The lowest BCUT2D eigenvalue weighted by atomic mass is 10.1. The van der Waals surface area contributed by atoms with Crippen molar-refractivity contribution >= 4 is 22.6 Å². The quantitative estimate of drug-likeness (QED) is 0.734. The maximum atomic E-state index is 12.8. The molecule has 4 rings (SSSR count). The number of fused-ring (bicyclic) bond motifs is 2. The highest BCUT2D eigenvalue weighted by atomic mass is 16.5. The smallest absolute Gasteiger partial charge is 0.291 e. The Morgan fingerprint density at radius 3 is 2.88 bits per heavy atom. The Hall–Kier alpha value is -2.59. The molecule has 0 saturated heterocycles. The highest BCUT2D eigenvalue weighted by Gasteiger charge is 2.21. The van der Waals surface area contributed by atoms with Crippen LogP contribution in [0.2, 0.25) is 0 Å². The molecule has 0 unspecified atom stereocenters. The SMILES string of the molecule is CCOCc1c(C(=O)Nc2ccc3c(c2)CCC3)oc2ccccc12. The van der Waals surface area contributed by atoms with Crippen molar-refractivity contribution in [3.63, 3.8) is 0 Å². The summed E-state index contributed by atoms with van der Waals surface area (Å²) in [5, 5.41) is 3.90. The van der Waals surface area contributed by atoms with Crippen molar-refractivity contribution in [2.24, 2.45) is 0 Å². The van der Waals surface area contributed by atoms with Crippen LogP contribution in [0.25, 0.3) is 11.0 Å². The van der Waals surface area contributed by atoms with Crippen LogP contribution in [0.5, 0.6) is 0 Å². The maximum absolute atomic E-state index is 12.8. The fraction of sp³-hybridized carbons (Fsp3) is 0.286. The molecule has 0 fully saturated rings. The van der Waals surface area contributed by atoms with Gasteiger partial charge in [0.2, 0.25) is 0 Å². The molecule has 0 saturated carbocycles. The molecule has 0 atom stereocenters. The Kier molecular flexibility index (Phi) is 4.28. The number of furan rings is 1. The maximum Gasteiger partial charge on any atom is 0.291 e. The largest absolute Gasteiger partial charge is 0.451 e. The van der Waals surface area contributed by atoms with Gasteiger partial charge in [-0.1, -0.05) is 24.3 Å². The molecule has 0 radical (unpaired) electrons. The predicted molar refractivity (Wildman–Crippen MR) is 98.0 cm³/mol. The van der Waals surface area contributed by atoms with Crippen molar-refractivity contribution in [1.29, 1.82) is 0 Å². The fourth-order valence-corrected chi connectivity index (χ4v) is 3.47. The molecule has 4 nitrogen and oxygen atoms in total. The summed E-state index contributed by atoms with van der Waals surface area (Å²) in [6, 6.07) is 13.8. The summed E-state index contributed by atoms with van der Waals surface area (Å²) in [4.78, 5) is 12.8. The van der Waals surface area contributed by atoms with Gasteiger partial charge in [0, 0.05) is 23.2 Å². The topological polar surface area (TPSA) is 51.5 Å². The van der Waals surface area contributed by atoms with Crippen LogP contribution >= 0.6 is 0 Å². The number of rotatable bonds is 5. The van der Waals surface area contributed by atoms with E-state index in [0.717, 1.165) is 29.5 Å². The van der Waals surface area contributed by atoms with Gasteiger partial charge < -0.3 is 14.5 Å². The number of ether oxygens (including phenoxy) is 1. The summed E-state index contributed by atoms with van der Waals surface area (Å²) < 4.78 is 11.4. The van der Waals surface area contributed by atoms with Gasteiger partial charge in [-0.25, -0.2) is 0 Å². The van der Waals surface area contributed by atoms with Crippen molar-refractivity contribution in [3.8, 4) is 0 Å². The van der Waals surface area contributed by atoms with Crippen LogP contribution in [0.3, 0.4) is 0 Å². The fourth-order valence-electron chi connectivity index (χ4n) is 3.47. The van der Waals surface area contributed by atoms with E-state index in [1.165, 1.54) is 17.5 Å². The highest BCUT2D eigenvalue weighted by molar-refractivity contribution is 6.06. The Balaban J connectivity index is 1.65. The molecule has 128 valence electrons. The lowest BCUT2D eigenvalue weighted by Gasteiger charge is -2.08. The number of hydrogen-bond donors (Lipinski definition) is 1. The molecule has 1 aliphatic carbocycles. The zero-order valence-corrected chi connectivity index (χ0v) is 14.3. The molecule has 1 amide bonds. The molecular weight excluding hydrogens is 314 g/mol. The standard InChI is InChI=1S/C21H21NO3/c1-2-24-13-18-17-8-3-4-9-19(17)25-20(18)21(23)22-16-11-10-14-6-5-7-15(14)12-16/h3-4,8-12H,2,5-7,13H2,1H3,(H,22,23). The van der Waals surface area contributed by atoms with E-state index in [9.17, 15) is 4.79 Å². The Bertz CT molecular complexity index is 926. The van der Waals surface area contributed by atoms with E-state index in [2.05, 4.69) is 17.4 Å². The van der Waals surface area contributed by atoms with Crippen LogP contribution < -0.4 is 5.32 Å². The van der Waals surface area contributed by atoms with Gasteiger partial charge in [-0.15, -0.1) is 0 Å². The first-order valence-corrected chi connectivity index (χ1v) is 8.77. The number of hydrogen-bond acceptors (Lipinski definition) is 3. The second-order valence-electron chi connectivity index (χ2n) is 6.33. The molecule has 1 N–H and O–H groups in total. The van der Waals surface area contributed by atoms with Gasteiger partial charge in [-0.05, 0) is 55.5 Å². The summed E-state index contributed by atoms with van der Waals surface area (Å²) in [5.41, 5.74) is 5.04. The first-order chi connectivity index (χ1) is 12.3. The van der Waals surface area contributed by atoms with Gasteiger partial charge in [0.1, 0.15) is 5.58 Å². The third-order valence-corrected chi connectivity index (χ3v) is 4.71. The number of aryl methyl sites for hydroxylation is 2. The van der Waals surface area contributed by atoms with Crippen molar-refractivity contribution in [3.05, 3.63) is 64.9 Å². The van der Waals surface area contributed by atoms with Crippen molar-refractivity contribution in [2.75, 3.05) is 11.9 Å². The van der Waals surface area contributed by atoms with Gasteiger partial charge in [-0.2, -0.15) is 0 Å². The average molecular weight is 335 g/mol. The molecule has 2 aromatic carbocycles. The third-order valence-electron chi connectivity index (χ3n) is 4.71. The highest BCUT2D eigenvalue weighted by Crippen LogP contribution is 2.29. The van der Waals surface area contributed by atoms with Crippen LogP contribution in [-0.4, -0.2) is 12.5 Å². The van der Waals surface area contributed by atoms with E-state index >= 15 is 0 Å². The normalized spacial score (nSPS) is 13.2. The van der Waals surface area contributed by atoms with E-state index in [0.29, 0.717) is 24.6 Å². The molecule has 0 bridgehead atoms. The lowest BCUT2D eigenvalue weighted by molar-refractivity contribution is 0.0984. The molecule has 3 aromatic rings. The minimum absolute atomic E-state index is 0.233. The molecular formula is C21H21NO3. The number of amides is 1. The van der Waals surface area contributed by atoms with Gasteiger partial charge in [0.25, 0.3) is 5.91 Å². The molecule has 25 heavy (non-hydrogen) atoms. The molecule has 0 aliphatic heterocycles. The Labute approximate surface area is 146 Å². The van der Waals surface area contributed by atoms with Crippen molar-refractivity contribution < 1.29 is 13.9 Å². The number of anilines is 1. The van der Waals surface area contributed by atoms with Crippen LogP contribution in [0, 0.1) is 0 Å². The van der Waals surface area contributed by atoms with Crippen molar-refractivity contribution in [1.82, 2.24) is 0 Å². The summed E-state index contributed by atoms with van der Waals surface area (Å²) in [5.74, 6) is 0.0963. The second-order valence-corrected chi connectivity index (χ2v) is 6.33.